The van der Waals surface area contributed by atoms with Crippen molar-refractivity contribution in [3.63, 3.8) is 0 Å². The zero-order valence-electron chi connectivity index (χ0n) is 9.83. The molecule has 0 atom stereocenters. The molecule has 1 aromatic rings. The molecule has 1 aliphatic rings. The van der Waals surface area contributed by atoms with E-state index in [4.69, 9.17) is 10.5 Å². The number of nitrogens with two attached hydrogens (primary N) is 1. The Morgan fingerprint density at radius 2 is 1.94 bits per heavy atom. The van der Waals surface area contributed by atoms with Gasteiger partial charge in [0.15, 0.2) is 18.1 Å². The van der Waals surface area contributed by atoms with Crippen molar-refractivity contribution in [2.75, 3.05) is 25.4 Å². The summed E-state index contributed by atoms with van der Waals surface area (Å²) in [6, 6.07) is 0. The Balaban J connectivity index is 1.88. The van der Waals surface area contributed by atoms with Gasteiger partial charge < -0.3 is 15.4 Å². The van der Waals surface area contributed by atoms with Crippen LogP contribution in [-0.4, -0.2) is 46.4 Å². The van der Waals surface area contributed by atoms with E-state index in [0.29, 0.717) is 0 Å². The molecule has 2 rings (SSSR count). The molecule has 7 nitrogen and oxygen atoms in total. The van der Waals surface area contributed by atoms with Crippen LogP contribution in [0.25, 0.3) is 0 Å². The highest BCUT2D eigenvalue weighted by molar-refractivity contribution is 5.93. The van der Waals surface area contributed by atoms with Crippen molar-refractivity contribution in [2.45, 2.75) is 12.8 Å². The zero-order chi connectivity index (χ0) is 13.0. The number of hydrogen-bond acceptors (Lipinski definition) is 6. The Hall–Kier alpha value is -2.18. The van der Waals surface area contributed by atoms with Crippen LogP contribution in [0.4, 0.5) is 5.82 Å². The van der Waals surface area contributed by atoms with E-state index in [0.717, 1.165) is 25.9 Å². The third kappa shape index (κ3) is 2.73. The van der Waals surface area contributed by atoms with Gasteiger partial charge in [0, 0.05) is 25.5 Å². The molecule has 0 radical (unpaired) electrons. The lowest BCUT2D eigenvalue weighted by Gasteiger charge is -2.14. The first kappa shape index (κ1) is 12.3. The van der Waals surface area contributed by atoms with Crippen molar-refractivity contribution in [3.05, 3.63) is 18.1 Å². The lowest BCUT2D eigenvalue weighted by atomic mass is 10.4. The van der Waals surface area contributed by atoms with Gasteiger partial charge in [-0.05, 0) is 12.8 Å². The summed E-state index contributed by atoms with van der Waals surface area (Å²) in [5.41, 5.74) is 5.42. The van der Waals surface area contributed by atoms with E-state index in [1.54, 1.807) is 4.90 Å². The van der Waals surface area contributed by atoms with Gasteiger partial charge in [-0.25, -0.2) is 14.8 Å². The molecule has 0 spiro atoms. The maximum Gasteiger partial charge on any atom is 0.361 e. The topological polar surface area (TPSA) is 98.4 Å². The molecule has 18 heavy (non-hydrogen) atoms. The van der Waals surface area contributed by atoms with E-state index in [-0.39, 0.29) is 24.0 Å². The van der Waals surface area contributed by atoms with E-state index < -0.39 is 5.97 Å². The molecule has 0 aliphatic carbocycles. The van der Waals surface area contributed by atoms with Crippen molar-refractivity contribution in [3.8, 4) is 0 Å². The number of aromatic nitrogens is 2. The summed E-state index contributed by atoms with van der Waals surface area (Å²) in [4.78, 5) is 32.4. The molecule has 0 bridgehead atoms. The lowest BCUT2D eigenvalue weighted by molar-refractivity contribution is -0.133. The maximum absolute atomic E-state index is 11.6. The Morgan fingerprint density at radius 3 is 2.61 bits per heavy atom. The molecule has 0 saturated carbocycles. The number of rotatable bonds is 3. The lowest BCUT2D eigenvalue weighted by Crippen LogP contribution is -2.32. The van der Waals surface area contributed by atoms with Crippen molar-refractivity contribution >= 4 is 17.7 Å². The van der Waals surface area contributed by atoms with Crippen LogP contribution in [0.5, 0.6) is 0 Å². The second-order valence-corrected chi connectivity index (χ2v) is 3.95. The predicted octanol–water partition coefficient (Wildman–Crippen LogP) is -0.162. The van der Waals surface area contributed by atoms with Gasteiger partial charge in [0.1, 0.15) is 0 Å². The molecule has 0 aromatic carbocycles. The van der Waals surface area contributed by atoms with Gasteiger partial charge >= 0.3 is 5.97 Å². The van der Waals surface area contributed by atoms with Crippen LogP contribution >= 0.6 is 0 Å². The fourth-order valence-electron chi connectivity index (χ4n) is 1.76. The predicted molar refractivity (Wildman–Crippen MR) is 62.5 cm³/mol. The first-order valence-corrected chi connectivity index (χ1v) is 5.70. The molecular weight excluding hydrogens is 236 g/mol. The number of carbonyl (C=O) groups excluding carboxylic acids is 2. The van der Waals surface area contributed by atoms with Crippen molar-refractivity contribution in [1.29, 1.82) is 0 Å². The van der Waals surface area contributed by atoms with Crippen LogP contribution in [0.2, 0.25) is 0 Å². The van der Waals surface area contributed by atoms with Crippen LogP contribution in [0.1, 0.15) is 23.3 Å². The van der Waals surface area contributed by atoms with Gasteiger partial charge in [-0.3, -0.25) is 4.79 Å². The van der Waals surface area contributed by atoms with E-state index in [1.165, 1.54) is 12.4 Å². The molecule has 96 valence electrons. The van der Waals surface area contributed by atoms with Crippen LogP contribution in [0.15, 0.2) is 12.4 Å². The number of amides is 1. The number of nitrogen functional groups attached to an aromatic ring is 1. The first-order chi connectivity index (χ1) is 8.68. The molecule has 1 amide bonds. The number of anilines is 1. The van der Waals surface area contributed by atoms with Crippen LogP contribution in [-0.2, 0) is 9.53 Å². The fourth-order valence-corrected chi connectivity index (χ4v) is 1.76. The Bertz CT molecular complexity index is 457. The van der Waals surface area contributed by atoms with E-state index in [1.807, 2.05) is 0 Å². The standard InChI is InChI=1S/C11H14N4O3/c12-10-9(13-3-4-14-10)11(17)18-7-8(16)15-5-1-2-6-15/h3-4H,1-2,5-7H2,(H2,12,14). The number of carbonyl (C=O) groups is 2. The number of nitrogens with zero attached hydrogens (tertiary/aromatic N) is 3. The SMILES string of the molecule is Nc1nccnc1C(=O)OCC(=O)N1CCCC1. The normalized spacial score (nSPS) is 14.6. The third-order valence-corrected chi connectivity index (χ3v) is 2.71. The average molecular weight is 250 g/mol. The summed E-state index contributed by atoms with van der Waals surface area (Å²) in [6.07, 6.45) is 4.71. The van der Waals surface area contributed by atoms with Gasteiger partial charge in [0.25, 0.3) is 5.91 Å². The summed E-state index contributed by atoms with van der Waals surface area (Å²) in [7, 11) is 0. The first-order valence-electron chi connectivity index (χ1n) is 5.70. The average Bonchev–Trinajstić information content (AvgIpc) is 2.90. The Kier molecular flexibility index (Phi) is 3.71. The Labute approximate surface area is 104 Å². The highest BCUT2D eigenvalue weighted by Gasteiger charge is 2.20. The molecule has 1 fully saturated rings. The molecule has 2 heterocycles. The van der Waals surface area contributed by atoms with Gasteiger partial charge in [-0.2, -0.15) is 0 Å². The number of hydrogen-bond donors (Lipinski definition) is 1. The Morgan fingerprint density at radius 1 is 1.28 bits per heavy atom. The van der Waals surface area contributed by atoms with Gasteiger partial charge in [0.05, 0.1) is 0 Å². The highest BCUT2D eigenvalue weighted by atomic mass is 16.5. The smallest absolute Gasteiger partial charge is 0.361 e. The molecule has 1 aliphatic heterocycles. The number of likely N-dealkylation sites (tertiary alicyclic amines) is 1. The minimum absolute atomic E-state index is 0.00359. The monoisotopic (exact) mass is 250 g/mol. The van der Waals surface area contributed by atoms with Crippen LogP contribution in [0.3, 0.4) is 0 Å². The molecule has 0 unspecified atom stereocenters. The van der Waals surface area contributed by atoms with Gasteiger partial charge in [-0.15, -0.1) is 0 Å². The van der Waals surface area contributed by atoms with Crippen LogP contribution < -0.4 is 5.73 Å². The maximum atomic E-state index is 11.6. The molecule has 1 aromatic heterocycles. The van der Waals surface area contributed by atoms with E-state index in [9.17, 15) is 9.59 Å². The highest BCUT2D eigenvalue weighted by Crippen LogP contribution is 2.09. The second kappa shape index (κ2) is 5.44. The quantitative estimate of drug-likeness (QED) is 0.748. The number of ether oxygens (including phenoxy) is 1. The number of esters is 1. The van der Waals surface area contributed by atoms with E-state index in [2.05, 4.69) is 9.97 Å². The summed E-state index contributed by atoms with van der Waals surface area (Å²) in [6.45, 7) is 1.17. The van der Waals surface area contributed by atoms with Crippen molar-refractivity contribution < 1.29 is 14.3 Å². The summed E-state index contributed by atoms with van der Waals surface area (Å²) < 4.78 is 4.87. The van der Waals surface area contributed by atoms with Crippen molar-refractivity contribution in [2.24, 2.45) is 0 Å². The fraction of sp³-hybridized carbons (Fsp3) is 0.455. The summed E-state index contributed by atoms with van der Waals surface area (Å²) in [5, 5.41) is 0. The van der Waals surface area contributed by atoms with Crippen LogP contribution in [0, 0.1) is 0 Å². The summed E-state index contributed by atoms with van der Waals surface area (Å²) in [5.74, 6) is -0.924. The van der Waals surface area contributed by atoms with Crippen molar-refractivity contribution in [1.82, 2.24) is 14.9 Å². The minimum Gasteiger partial charge on any atom is -0.451 e. The molecule has 2 N–H and O–H groups in total. The molecule has 7 heteroatoms. The molecule has 1 saturated heterocycles. The second-order valence-electron chi connectivity index (χ2n) is 3.95. The zero-order valence-corrected chi connectivity index (χ0v) is 9.83. The van der Waals surface area contributed by atoms with E-state index >= 15 is 0 Å². The third-order valence-electron chi connectivity index (χ3n) is 2.71. The van der Waals surface area contributed by atoms with Gasteiger partial charge in [0.2, 0.25) is 0 Å². The van der Waals surface area contributed by atoms with Gasteiger partial charge in [-0.1, -0.05) is 0 Å². The minimum atomic E-state index is -0.729. The summed E-state index contributed by atoms with van der Waals surface area (Å²) >= 11 is 0. The molecular formula is C11H14N4O3. The largest absolute Gasteiger partial charge is 0.451 e.